The molecule has 2 aliphatic rings. The molecule has 0 saturated carbocycles. The second kappa shape index (κ2) is 9.67. The van der Waals surface area contributed by atoms with Gasteiger partial charge in [0.25, 0.3) is 5.91 Å². The van der Waals surface area contributed by atoms with E-state index >= 15 is 0 Å². The Kier molecular flexibility index (Phi) is 6.32. The Morgan fingerprint density at radius 3 is 2.53 bits per heavy atom. The number of aryl methyl sites for hydroxylation is 1. The molecule has 0 atom stereocenters. The highest BCUT2D eigenvalue weighted by Crippen LogP contribution is 2.33. The summed E-state index contributed by atoms with van der Waals surface area (Å²) in [5.41, 5.74) is 6.45. The number of H-pyrrole nitrogens is 1. The highest BCUT2D eigenvalue weighted by Gasteiger charge is 2.25. The molecule has 32 heavy (non-hydrogen) atoms. The summed E-state index contributed by atoms with van der Waals surface area (Å²) in [5.74, 6) is -0.0363. The van der Waals surface area contributed by atoms with Gasteiger partial charge < -0.3 is 10.2 Å². The van der Waals surface area contributed by atoms with Crippen LogP contribution in [0.1, 0.15) is 33.6 Å². The molecule has 0 spiro atoms. The van der Waals surface area contributed by atoms with E-state index in [2.05, 4.69) is 73.8 Å². The van der Waals surface area contributed by atoms with Gasteiger partial charge in [-0.2, -0.15) is 5.10 Å². The van der Waals surface area contributed by atoms with Crippen LogP contribution in [-0.2, 0) is 19.4 Å². The van der Waals surface area contributed by atoms with Gasteiger partial charge in [-0.15, -0.1) is 0 Å². The van der Waals surface area contributed by atoms with Crippen LogP contribution in [-0.4, -0.2) is 65.2 Å². The lowest BCUT2D eigenvalue weighted by molar-refractivity contribution is 0.0941. The van der Waals surface area contributed by atoms with Crippen molar-refractivity contribution >= 4 is 5.91 Å². The third-order valence-corrected chi connectivity index (χ3v) is 6.66. The van der Waals surface area contributed by atoms with Crippen molar-refractivity contribution in [3.05, 3.63) is 77.0 Å². The zero-order chi connectivity index (χ0) is 21.8. The van der Waals surface area contributed by atoms with Crippen molar-refractivity contribution < 1.29 is 4.79 Å². The van der Waals surface area contributed by atoms with Gasteiger partial charge in [0.15, 0.2) is 0 Å². The van der Waals surface area contributed by atoms with Crippen molar-refractivity contribution in [2.45, 2.75) is 25.8 Å². The van der Waals surface area contributed by atoms with Crippen molar-refractivity contribution in [2.75, 3.05) is 39.3 Å². The van der Waals surface area contributed by atoms with E-state index in [0.29, 0.717) is 12.2 Å². The van der Waals surface area contributed by atoms with Crippen molar-refractivity contribution in [3.8, 4) is 11.3 Å². The van der Waals surface area contributed by atoms with E-state index in [4.69, 9.17) is 0 Å². The highest BCUT2D eigenvalue weighted by atomic mass is 16.1. The SMILES string of the molecule is O=C(NCCCN1CCN(Cc2ccccc2)CC1)c1[nH]nc2c1CCc1ccccc1-2. The van der Waals surface area contributed by atoms with E-state index in [1.165, 1.54) is 11.1 Å². The molecule has 1 fully saturated rings. The summed E-state index contributed by atoms with van der Waals surface area (Å²) in [6, 6.07) is 19.0. The van der Waals surface area contributed by atoms with Gasteiger partial charge in [0.1, 0.15) is 5.69 Å². The van der Waals surface area contributed by atoms with Crippen LogP contribution in [0.4, 0.5) is 0 Å². The number of carbonyl (C=O) groups excluding carboxylic acids is 1. The van der Waals surface area contributed by atoms with E-state index in [1.54, 1.807) is 0 Å². The van der Waals surface area contributed by atoms with Gasteiger partial charge in [-0.1, -0.05) is 54.6 Å². The fraction of sp³-hybridized carbons (Fsp3) is 0.385. The number of benzene rings is 2. The summed E-state index contributed by atoms with van der Waals surface area (Å²) in [6.45, 7) is 7.12. The molecule has 166 valence electrons. The molecular formula is C26H31N5O. The number of fused-ring (bicyclic) bond motifs is 3. The zero-order valence-electron chi connectivity index (χ0n) is 18.5. The molecule has 2 heterocycles. The van der Waals surface area contributed by atoms with Gasteiger partial charge in [-0.25, -0.2) is 0 Å². The number of carbonyl (C=O) groups is 1. The largest absolute Gasteiger partial charge is 0.351 e. The van der Waals surface area contributed by atoms with Crippen LogP contribution in [0.2, 0.25) is 0 Å². The normalized spacial score (nSPS) is 16.4. The molecule has 2 aromatic carbocycles. The van der Waals surface area contributed by atoms with Crippen LogP contribution >= 0.6 is 0 Å². The molecule has 0 unspecified atom stereocenters. The van der Waals surface area contributed by atoms with Crippen molar-refractivity contribution in [1.29, 1.82) is 0 Å². The number of aromatic amines is 1. The topological polar surface area (TPSA) is 64.3 Å². The first-order valence-electron chi connectivity index (χ1n) is 11.7. The molecule has 0 bridgehead atoms. The number of amides is 1. The molecular weight excluding hydrogens is 398 g/mol. The second-order valence-electron chi connectivity index (χ2n) is 8.80. The van der Waals surface area contributed by atoms with Crippen LogP contribution in [0.15, 0.2) is 54.6 Å². The van der Waals surface area contributed by atoms with Crippen LogP contribution in [0, 0.1) is 0 Å². The van der Waals surface area contributed by atoms with Crippen LogP contribution in [0.25, 0.3) is 11.3 Å². The summed E-state index contributed by atoms with van der Waals surface area (Å²) in [7, 11) is 0. The fourth-order valence-electron chi connectivity index (χ4n) is 4.85. The van der Waals surface area contributed by atoms with Crippen LogP contribution in [0.3, 0.4) is 0 Å². The van der Waals surface area contributed by atoms with Gasteiger partial charge >= 0.3 is 0 Å². The van der Waals surface area contributed by atoms with Crippen molar-refractivity contribution in [2.24, 2.45) is 0 Å². The molecule has 1 aliphatic heterocycles. The maximum atomic E-state index is 12.8. The molecule has 5 rings (SSSR count). The van der Waals surface area contributed by atoms with Gasteiger partial charge in [-0.3, -0.25) is 14.8 Å². The molecule has 1 aromatic heterocycles. The molecule has 1 aliphatic carbocycles. The Morgan fingerprint density at radius 2 is 1.69 bits per heavy atom. The summed E-state index contributed by atoms with van der Waals surface area (Å²) < 4.78 is 0. The van der Waals surface area contributed by atoms with Gasteiger partial charge in [-0.05, 0) is 36.9 Å². The van der Waals surface area contributed by atoms with Gasteiger partial charge in [0.05, 0.1) is 5.69 Å². The minimum absolute atomic E-state index is 0.0363. The Labute approximate surface area is 189 Å². The Morgan fingerprint density at radius 1 is 0.938 bits per heavy atom. The summed E-state index contributed by atoms with van der Waals surface area (Å²) >= 11 is 0. The van der Waals surface area contributed by atoms with E-state index in [0.717, 1.165) is 75.4 Å². The number of aromatic nitrogens is 2. The lowest BCUT2D eigenvalue weighted by atomic mass is 9.89. The third-order valence-electron chi connectivity index (χ3n) is 6.66. The van der Waals surface area contributed by atoms with Gasteiger partial charge in [0.2, 0.25) is 0 Å². The summed E-state index contributed by atoms with van der Waals surface area (Å²) in [6.07, 6.45) is 2.78. The molecule has 6 nitrogen and oxygen atoms in total. The van der Waals surface area contributed by atoms with Gasteiger partial charge in [0, 0.05) is 50.4 Å². The standard InChI is InChI=1S/C26H31N5O/c32-26(25-23-12-11-21-9-4-5-10-22(21)24(23)28-29-25)27-13-6-14-30-15-17-31(18-16-30)19-20-7-2-1-3-8-20/h1-5,7-10H,6,11-19H2,(H,27,32)(H,28,29). The molecule has 6 heteroatoms. The minimum Gasteiger partial charge on any atom is -0.351 e. The lowest BCUT2D eigenvalue weighted by Crippen LogP contribution is -2.46. The second-order valence-corrected chi connectivity index (χ2v) is 8.80. The first-order valence-corrected chi connectivity index (χ1v) is 11.7. The Bertz CT molecular complexity index is 1050. The minimum atomic E-state index is -0.0363. The van der Waals surface area contributed by atoms with E-state index < -0.39 is 0 Å². The fourth-order valence-corrected chi connectivity index (χ4v) is 4.85. The Hall–Kier alpha value is -2.96. The maximum Gasteiger partial charge on any atom is 0.269 e. The predicted octanol–water partition coefficient (Wildman–Crippen LogP) is 3.11. The number of hydrogen-bond donors (Lipinski definition) is 2. The number of nitrogens with one attached hydrogen (secondary N) is 2. The average Bonchev–Trinajstić information content (AvgIpc) is 3.28. The number of rotatable bonds is 7. The van der Waals surface area contributed by atoms with E-state index in [-0.39, 0.29) is 5.91 Å². The Balaban J connectivity index is 1.06. The quantitative estimate of drug-likeness (QED) is 0.567. The number of nitrogens with zero attached hydrogens (tertiary/aromatic N) is 3. The summed E-state index contributed by atoms with van der Waals surface area (Å²) in [5, 5.41) is 10.5. The number of hydrogen-bond acceptors (Lipinski definition) is 4. The third kappa shape index (κ3) is 4.61. The average molecular weight is 430 g/mol. The van der Waals surface area contributed by atoms with E-state index in [1.807, 2.05) is 6.07 Å². The van der Waals surface area contributed by atoms with E-state index in [9.17, 15) is 4.79 Å². The summed E-state index contributed by atoms with van der Waals surface area (Å²) in [4.78, 5) is 17.8. The van der Waals surface area contributed by atoms with Crippen molar-refractivity contribution in [3.63, 3.8) is 0 Å². The van der Waals surface area contributed by atoms with Crippen LogP contribution < -0.4 is 5.32 Å². The predicted molar refractivity (Wildman–Crippen MR) is 127 cm³/mol. The first kappa shape index (κ1) is 20.9. The molecule has 3 aromatic rings. The monoisotopic (exact) mass is 429 g/mol. The highest BCUT2D eigenvalue weighted by molar-refractivity contribution is 5.96. The number of piperazine rings is 1. The molecule has 0 radical (unpaired) electrons. The molecule has 2 N–H and O–H groups in total. The first-order chi connectivity index (χ1) is 15.8. The maximum absolute atomic E-state index is 12.8. The zero-order valence-corrected chi connectivity index (χ0v) is 18.5. The van der Waals surface area contributed by atoms with Crippen LogP contribution in [0.5, 0.6) is 0 Å². The smallest absolute Gasteiger partial charge is 0.269 e. The lowest BCUT2D eigenvalue weighted by Gasteiger charge is -2.34. The molecule has 1 amide bonds. The van der Waals surface area contributed by atoms with Crippen molar-refractivity contribution in [1.82, 2.24) is 25.3 Å². The molecule has 1 saturated heterocycles.